The smallest absolute Gasteiger partial charge is 0.161 e. The van der Waals surface area contributed by atoms with Crippen LogP contribution in [0.3, 0.4) is 0 Å². The van der Waals surface area contributed by atoms with Crippen LogP contribution in [0.15, 0.2) is 6.20 Å². The Labute approximate surface area is 110 Å². The fourth-order valence-corrected chi connectivity index (χ4v) is 3.33. The fraction of sp³-hybridized carbons (Fsp3) is 0.786. The van der Waals surface area contributed by atoms with Crippen molar-refractivity contribution >= 4 is 0 Å². The van der Waals surface area contributed by atoms with Crippen molar-refractivity contribution in [2.45, 2.75) is 52.6 Å². The lowest BCUT2D eigenvalue weighted by Gasteiger charge is -2.32. The number of rotatable bonds is 4. The highest BCUT2D eigenvalue weighted by Crippen LogP contribution is 2.48. The highest BCUT2D eigenvalue weighted by molar-refractivity contribution is 5.29. The SMILES string of the molecule is CCn1ncc(OC)c1C(N)C1CCCC1(C)C. The van der Waals surface area contributed by atoms with Crippen molar-refractivity contribution in [3.63, 3.8) is 0 Å². The Morgan fingerprint density at radius 1 is 1.61 bits per heavy atom. The highest BCUT2D eigenvalue weighted by atomic mass is 16.5. The summed E-state index contributed by atoms with van der Waals surface area (Å²) in [5.41, 5.74) is 7.90. The molecule has 1 saturated carbocycles. The summed E-state index contributed by atoms with van der Waals surface area (Å²) >= 11 is 0. The molecule has 1 fully saturated rings. The molecular formula is C14H25N3O. The van der Waals surface area contributed by atoms with Crippen molar-refractivity contribution in [1.29, 1.82) is 0 Å². The van der Waals surface area contributed by atoms with E-state index >= 15 is 0 Å². The van der Waals surface area contributed by atoms with Crippen LogP contribution in [-0.2, 0) is 6.54 Å². The lowest BCUT2D eigenvalue weighted by molar-refractivity contribution is 0.213. The molecule has 0 amide bonds. The van der Waals surface area contributed by atoms with Gasteiger partial charge in [-0.3, -0.25) is 4.68 Å². The maximum Gasteiger partial charge on any atom is 0.161 e. The zero-order valence-electron chi connectivity index (χ0n) is 11.9. The van der Waals surface area contributed by atoms with Gasteiger partial charge in [0.15, 0.2) is 5.75 Å². The molecule has 2 N–H and O–H groups in total. The Hall–Kier alpha value is -1.03. The monoisotopic (exact) mass is 251 g/mol. The predicted molar refractivity (Wildman–Crippen MR) is 72.5 cm³/mol. The van der Waals surface area contributed by atoms with Crippen molar-refractivity contribution in [1.82, 2.24) is 9.78 Å². The van der Waals surface area contributed by atoms with E-state index in [-0.39, 0.29) is 6.04 Å². The van der Waals surface area contributed by atoms with Gasteiger partial charge in [-0.2, -0.15) is 5.10 Å². The van der Waals surface area contributed by atoms with Crippen LogP contribution in [0.2, 0.25) is 0 Å². The maximum atomic E-state index is 6.53. The third kappa shape index (κ3) is 2.14. The highest BCUT2D eigenvalue weighted by Gasteiger charge is 2.40. The zero-order chi connectivity index (χ0) is 13.3. The summed E-state index contributed by atoms with van der Waals surface area (Å²) in [6.45, 7) is 7.56. The molecule has 1 aliphatic rings. The first-order valence-corrected chi connectivity index (χ1v) is 6.86. The van der Waals surface area contributed by atoms with Crippen LogP contribution in [0.5, 0.6) is 5.75 Å². The van der Waals surface area contributed by atoms with Crippen LogP contribution in [0.1, 0.15) is 51.8 Å². The Kier molecular flexibility index (Phi) is 3.66. The molecule has 0 aromatic carbocycles. The van der Waals surface area contributed by atoms with Gasteiger partial charge < -0.3 is 10.5 Å². The van der Waals surface area contributed by atoms with Crippen molar-refractivity contribution < 1.29 is 4.74 Å². The average molecular weight is 251 g/mol. The minimum absolute atomic E-state index is 0.0138. The normalized spacial score (nSPS) is 24.2. The molecule has 4 nitrogen and oxygen atoms in total. The zero-order valence-corrected chi connectivity index (χ0v) is 11.9. The summed E-state index contributed by atoms with van der Waals surface area (Å²) < 4.78 is 7.38. The molecule has 0 aliphatic heterocycles. The van der Waals surface area contributed by atoms with E-state index in [4.69, 9.17) is 10.5 Å². The molecule has 4 heteroatoms. The summed E-state index contributed by atoms with van der Waals surface area (Å²) in [5, 5.41) is 4.36. The number of hydrogen-bond acceptors (Lipinski definition) is 3. The minimum Gasteiger partial charge on any atom is -0.493 e. The third-order valence-electron chi connectivity index (χ3n) is 4.45. The predicted octanol–water partition coefficient (Wildman–Crippen LogP) is 2.74. The van der Waals surface area contributed by atoms with Crippen LogP contribution >= 0.6 is 0 Å². The molecule has 0 radical (unpaired) electrons. The second-order valence-corrected chi connectivity index (χ2v) is 5.93. The molecule has 0 saturated heterocycles. The molecule has 1 aliphatic carbocycles. The molecule has 0 bridgehead atoms. The minimum atomic E-state index is 0.0138. The van der Waals surface area contributed by atoms with Gasteiger partial charge in [-0.05, 0) is 31.1 Å². The van der Waals surface area contributed by atoms with E-state index in [1.165, 1.54) is 19.3 Å². The van der Waals surface area contributed by atoms with Crippen molar-refractivity contribution in [2.75, 3.05) is 7.11 Å². The van der Waals surface area contributed by atoms with Gasteiger partial charge in [0.05, 0.1) is 25.0 Å². The van der Waals surface area contributed by atoms with Crippen LogP contribution in [-0.4, -0.2) is 16.9 Å². The Morgan fingerprint density at radius 3 is 2.83 bits per heavy atom. The first kappa shape index (κ1) is 13.4. The number of hydrogen-bond donors (Lipinski definition) is 1. The summed E-state index contributed by atoms with van der Waals surface area (Å²) in [6.07, 6.45) is 5.51. The number of nitrogens with two attached hydrogens (primary N) is 1. The standard InChI is InChI=1S/C14H25N3O/c1-5-17-13(11(18-4)9-16-17)12(15)10-7-6-8-14(10,2)3/h9-10,12H,5-8,15H2,1-4H3. The van der Waals surface area contributed by atoms with E-state index in [2.05, 4.69) is 25.9 Å². The van der Waals surface area contributed by atoms with E-state index in [0.29, 0.717) is 11.3 Å². The number of methoxy groups -OCH3 is 1. The van der Waals surface area contributed by atoms with Gasteiger partial charge in [0, 0.05) is 6.54 Å². The molecule has 0 spiro atoms. The second-order valence-electron chi connectivity index (χ2n) is 5.93. The van der Waals surface area contributed by atoms with Crippen LogP contribution in [0, 0.1) is 11.3 Å². The van der Waals surface area contributed by atoms with Crippen LogP contribution < -0.4 is 10.5 Å². The fourth-order valence-electron chi connectivity index (χ4n) is 3.33. The van der Waals surface area contributed by atoms with E-state index in [9.17, 15) is 0 Å². The lowest BCUT2D eigenvalue weighted by Crippen LogP contribution is -2.31. The van der Waals surface area contributed by atoms with Gasteiger partial charge in [-0.25, -0.2) is 0 Å². The van der Waals surface area contributed by atoms with Crippen molar-refractivity contribution in [2.24, 2.45) is 17.1 Å². The van der Waals surface area contributed by atoms with Gasteiger partial charge in [0.1, 0.15) is 0 Å². The molecule has 2 atom stereocenters. The van der Waals surface area contributed by atoms with E-state index in [0.717, 1.165) is 18.0 Å². The molecule has 1 heterocycles. The maximum absolute atomic E-state index is 6.53. The second kappa shape index (κ2) is 4.92. The summed E-state index contributed by atoms with van der Waals surface area (Å²) in [5.74, 6) is 1.33. The molecule has 1 aromatic rings. The molecular weight excluding hydrogens is 226 g/mol. The number of aromatic nitrogens is 2. The van der Waals surface area contributed by atoms with Gasteiger partial charge >= 0.3 is 0 Å². The summed E-state index contributed by atoms with van der Waals surface area (Å²) in [6, 6.07) is 0.0138. The van der Waals surface area contributed by atoms with Gasteiger partial charge in [-0.15, -0.1) is 0 Å². The number of ether oxygens (including phenoxy) is 1. The quantitative estimate of drug-likeness (QED) is 0.895. The van der Waals surface area contributed by atoms with Crippen LogP contribution in [0.25, 0.3) is 0 Å². The Morgan fingerprint density at radius 2 is 2.33 bits per heavy atom. The van der Waals surface area contributed by atoms with Gasteiger partial charge in [-0.1, -0.05) is 20.3 Å². The van der Waals surface area contributed by atoms with E-state index < -0.39 is 0 Å². The van der Waals surface area contributed by atoms with Crippen molar-refractivity contribution in [3.05, 3.63) is 11.9 Å². The average Bonchev–Trinajstić information content (AvgIpc) is 2.90. The first-order chi connectivity index (χ1) is 8.51. The Bertz CT molecular complexity index is 390. The molecule has 1 aromatic heterocycles. The largest absolute Gasteiger partial charge is 0.493 e. The Balaban J connectivity index is 2.33. The molecule has 2 rings (SSSR count). The number of nitrogens with zero attached hydrogens (tertiary/aromatic N) is 2. The molecule has 18 heavy (non-hydrogen) atoms. The van der Waals surface area contributed by atoms with Gasteiger partial charge in [0.25, 0.3) is 0 Å². The van der Waals surface area contributed by atoms with E-state index in [1.54, 1.807) is 13.3 Å². The molecule has 2 unspecified atom stereocenters. The first-order valence-electron chi connectivity index (χ1n) is 6.86. The topological polar surface area (TPSA) is 53.1 Å². The van der Waals surface area contributed by atoms with Crippen molar-refractivity contribution in [3.8, 4) is 5.75 Å². The third-order valence-corrected chi connectivity index (χ3v) is 4.45. The lowest BCUT2D eigenvalue weighted by atomic mass is 9.77. The summed E-state index contributed by atoms with van der Waals surface area (Å²) in [4.78, 5) is 0. The van der Waals surface area contributed by atoms with E-state index in [1.807, 2.05) is 4.68 Å². The van der Waals surface area contributed by atoms with Crippen LogP contribution in [0.4, 0.5) is 0 Å². The molecule has 102 valence electrons. The number of aryl methyl sites for hydroxylation is 1. The van der Waals surface area contributed by atoms with Gasteiger partial charge in [0.2, 0.25) is 0 Å². The summed E-state index contributed by atoms with van der Waals surface area (Å²) in [7, 11) is 1.69.